The van der Waals surface area contributed by atoms with Crippen LogP contribution >= 0.6 is 0 Å². The number of hydrogen-bond acceptors (Lipinski definition) is 11. The molecule has 0 bridgehead atoms. The normalized spacial score (nSPS) is 39.2. The van der Waals surface area contributed by atoms with Crippen molar-refractivity contribution in [3.05, 3.63) is 35.9 Å². The van der Waals surface area contributed by atoms with Crippen LogP contribution in [0.5, 0.6) is 0 Å². The van der Waals surface area contributed by atoms with Crippen LogP contribution in [0.1, 0.15) is 12.5 Å². The Morgan fingerprint density at radius 2 is 1.76 bits per heavy atom. The predicted molar refractivity (Wildman–Crippen MR) is 111 cm³/mol. The summed E-state index contributed by atoms with van der Waals surface area (Å²) in [5, 5.41) is 52.7. The van der Waals surface area contributed by atoms with Crippen molar-refractivity contribution < 1.29 is 49.3 Å². The zero-order chi connectivity index (χ0) is 24.1. The molecule has 0 unspecified atom stereocenters. The van der Waals surface area contributed by atoms with Gasteiger partial charge in [-0.3, -0.25) is 4.79 Å². The van der Waals surface area contributed by atoms with Crippen molar-refractivity contribution in [1.82, 2.24) is 5.32 Å². The van der Waals surface area contributed by atoms with E-state index in [-0.39, 0.29) is 13.2 Å². The van der Waals surface area contributed by atoms with Crippen LogP contribution in [0.2, 0.25) is 0 Å². The van der Waals surface area contributed by atoms with Crippen molar-refractivity contribution in [2.75, 3.05) is 13.2 Å². The average molecular weight is 472 g/mol. The molecule has 2 aliphatic heterocycles. The van der Waals surface area contributed by atoms with Gasteiger partial charge in [0.05, 0.1) is 31.9 Å². The van der Waals surface area contributed by atoms with Crippen molar-refractivity contribution in [2.45, 2.75) is 74.8 Å². The Morgan fingerprint density at radius 3 is 2.39 bits per heavy atom. The molecule has 2 aliphatic rings. The van der Waals surface area contributed by atoms with E-state index in [0.717, 1.165) is 5.56 Å². The van der Waals surface area contributed by atoms with Gasteiger partial charge >= 0.3 is 0 Å². The summed E-state index contributed by atoms with van der Waals surface area (Å²) in [6, 6.07) is 7.28. The number of carbonyl (C=O) groups excluding carboxylic acids is 1. The van der Waals surface area contributed by atoms with Gasteiger partial charge in [-0.1, -0.05) is 30.3 Å². The minimum absolute atomic E-state index is 0.0610. The molecule has 12 heteroatoms. The van der Waals surface area contributed by atoms with E-state index in [1.165, 1.54) is 6.92 Å². The third-order valence-corrected chi connectivity index (χ3v) is 5.69. The van der Waals surface area contributed by atoms with E-state index in [4.69, 9.17) is 24.7 Å². The van der Waals surface area contributed by atoms with Gasteiger partial charge in [0.15, 0.2) is 12.6 Å². The van der Waals surface area contributed by atoms with Gasteiger partial charge in [0, 0.05) is 6.92 Å². The van der Waals surface area contributed by atoms with E-state index >= 15 is 0 Å². The van der Waals surface area contributed by atoms with Crippen molar-refractivity contribution >= 4 is 5.91 Å². The number of hydrogen-bond donors (Lipinski definition) is 7. The molecule has 1 amide bonds. The summed E-state index contributed by atoms with van der Waals surface area (Å²) in [6.07, 6.45) is -11.0. The maximum absolute atomic E-state index is 11.6. The number of aliphatic hydroxyl groups is 5. The van der Waals surface area contributed by atoms with E-state index in [1.54, 1.807) is 0 Å². The van der Waals surface area contributed by atoms with E-state index < -0.39 is 73.8 Å². The third-order valence-electron chi connectivity index (χ3n) is 5.69. The fraction of sp³-hybridized carbons (Fsp3) is 0.667. The average Bonchev–Trinajstić information content (AvgIpc) is 2.79. The lowest BCUT2D eigenvalue weighted by Crippen LogP contribution is -2.69. The highest BCUT2D eigenvalue weighted by Gasteiger charge is 2.50. The molecule has 2 saturated heterocycles. The summed E-state index contributed by atoms with van der Waals surface area (Å²) >= 11 is 0. The van der Waals surface area contributed by atoms with E-state index in [2.05, 4.69) is 5.32 Å². The van der Waals surface area contributed by atoms with Crippen LogP contribution < -0.4 is 11.1 Å². The zero-order valence-electron chi connectivity index (χ0n) is 18.1. The van der Waals surface area contributed by atoms with Gasteiger partial charge < -0.3 is 55.5 Å². The minimum atomic E-state index is -1.66. The molecule has 8 N–H and O–H groups in total. The fourth-order valence-corrected chi connectivity index (χ4v) is 3.90. The van der Waals surface area contributed by atoms with E-state index in [9.17, 15) is 30.3 Å². The highest BCUT2D eigenvalue weighted by molar-refractivity contribution is 5.73. The summed E-state index contributed by atoms with van der Waals surface area (Å²) in [6.45, 7) is 0.805. The van der Waals surface area contributed by atoms with Crippen LogP contribution in [0.3, 0.4) is 0 Å². The summed E-state index contributed by atoms with van der Waals surface area (Å²) in [5.74, 6) is -0.455. The Labute approximate surface area is 190 Å². The maximum atomic E-state index is 11.6. The first-order chi connectivity index (χ1) is 15.7. The SMILES string of the molecule is CC(=O)N[C@@H]1[C@@H](N)[C@H](O[C@@H]2O[C@H](CO)[C@@H](O)[C@H](O)[C@H]2O)[C@@H](COCc2ccccc2)O[C@H]1O. The second-order valence-electron chi connectivity index (χ2n) is 8.17. The van der Waals surface area contributed by atoms with Gasteiger partial charge in [0.1, 0.15) is 36.6 Å². The first kappa shape index (κ1) is 25.9. The molecular weight excluding hydrogens is 440 g/mol. The molecule has 0 saturated carbocycles. The number of amides is 1. The van der Waals surface area contributed by atoms with Gasteiger partial charge in [0.25, 0.3) is 0 Å². The van der Waals surface area contributed by atoms with Crippen LogP contribution in [-0.4, -0.2) is 106 Å². The summed E-state index contributed by atoms with van der Waals surface area (Å²) in [4.78, 5) is 11.6. The quantitative estimate of drug-likeness (QED) is 0.203. The first-order valence-electron chi connectivity index (χ1n) is 10.7. The Balaban J connectivity index is 1.74. The molecule has 1 aromatic carbocycles. The van der Waals surface area contributed by atoms with E-state index in [0.29, 0.717) is 0 Å². The Bertz CT molecular complexity index is 754. The summed E-state index contributed by atoms with van der Waals surface area (Å²) in [7, 11) is 0. The number of aliphatic hydroxyl groups excluding tert-OH is 5. The van der Waals surface area contributed by atoms with Crippen molar-refractivity contribution in [3.8, 4) is 0 Å². The molecule has 0 aliphatic carbocycles. The lowest BCUT2D eigenvalue weighted by molar-refractivity contribution is -0.335. The lowest BCUT2D eigenvalue weighted by Gasteiger charge is -2.47. The van der Waals surface area contributed by atoms with Crippen LogP contribution in [0, 0.1) is 0 Å². The molecule has 2 fully saturated rings. The Kier molecular flexibility index (Phi) is 9.12. The van der Waals surface area contributed by atoms with Gasteiger partial charge in [-0.2, -0.15) is 0 Å². The van der Waals surface area contributed by atoms with E-state index in [1.807, 2.05) is 30.3 Å². The van der Waals surface area contributed by atoms with Crippen LogP contribution in [0.25, 0.3) is 0 Å². The molecule has 0 spiro atoms. The first-order valence-corrected chi connectivity index (χ1v) is 10.7. The number of nitrogens with one attached hydrogen (secondary N) is 1. The predicted octanol–water partition coefficient (Wildman–Crippen LogP) is -3.06. The molecule has 186 valence electrons. The topological polar surface area (TPSA) is 193 Å². The van der Waals surface area contributed by atoms with Crippen LogP contribution in [0.4, 0.5) is 0 Å². The standard InChI is InChI=1S/C21H32N2O10/c1-10(25)23-15-14(22)19(33-21-18(28)17(27)16(26)12(7-24)32-21)13(31-20(15)29)9-30-8-11-5-3-2-4-6-11/h2-6,12-21,24,26-29H,7-9,22H2,1H3,(H,23,25)/t12-,13-,14-,15-,16-,17+,18-,19-,20-,21+/m1/s1. The van der Waals surface area contributed by atoms with Gasteiger partial charge in [-0.05, 0) is 5.56 Å². The molecule has 0 aromatic heterocycles. The highest BCUT2D eigenvalue weighted by Crippen LogP contribution is 2.28. The fourth-order valence-electron chi connectivity index (χ4n) is 3.90. The summed E-state index contributed by atoms with van der Waals surface area (Å²) < 4.78 is 22.6. The van der Waals surface area contributed by atoms with Crippen LogP contribution in [0.15, 0.2) is 30.3 Å². The molecule has 1 aromatic rings. The maximum Gasteiger partial charge on any atom is 0.217 e. The van der Waals surface area contributed by atoms with Crippen molar-refractivity contribution in [3.63, 3.8) is 0 Å². The van der Waals surface area contributed by atoms with Gasteiger partial charge in [-0.15, -0.1) is 0 Å². The van der Waals surface area contributed by atoms with Crippen molar-refractivity contribution in [2.24, 2.45) is 5.73 Å². The van der Waals surface area contributed by atoms with Crippen LogP contribution in [-0.2, 0) is 30.3 Å². The Morgan fingerprint density at radius 1 is 1.06 bits per heavy atom. The third kappa shape index (κ3) is 6.25. The largest absolute Gasteiger partial charge is 0.394 e. The Hall–Kier alpha value is -1.71. The second-order valence-corrected chi connectivity index (χ2v) is 8.17. The molecule has 12 nitrogen and oxygen atoms in total. The monoisotopic (exact) mass is 472 g/mol. The van der Waals surface area contributed by atoms with Gasteiger partial charge in [-0.25, -0.2) is 0 Å². The number of nitrogens with two attached hydrogens (primary N) is 1. The van der Waals surface area contributed by atoms with Gasteiger partial charge in [0.2, 0.25) is 5.91 Å². The highest BCUT2D eigenvalue weighted by atomic mass is 16.7. The number of ether oxygens (including phenoxy) is 4. The molecule has 10 atom stereocenters. The molecule has 33 heavy (non-hydrogen) atoms. The van der Waals surface area contributed by atoms with Crippen molar-refractivity contribution in [1.29, 1.82) is 0 Å². The molecule has 3 rings (SSSR count). The smallest absolute Gasteiger partial charge is 0.217 e. The molecule has 0 radical (unpaired) electrons. The lowest BCUT2D eigenvalue weighted by atomic mass is 9.94. The summed E-state index contributed by atoms with van der Waals surface area (Å²) in [5.41, 5.74) is 7.20. The number of benzene rings is 1. The number of carbonyl (C=O) groups is 1. The molecular formula is C21H32N2O10. The minimum Gasteiger partial charge on any atom is -0.394 e. The number of rotatable bonds is 8. The molecule has 2 heterocycles. The zero-order valence-corrected chi connectivity index (χ0v) is 18.1. The second kappa shape index (κ2) is 11.6.